The number of nitrogens with zero attached hydrogens (tertiary/aromatic N) is 3. The number of rotatable bonds is 7. The molecule has 0 bridgehead atoms. The number of thiazole rings is 1. The van der Waals surface area contributed by atoms with Gasteiger partial charge in [-0.3, -0.25) is 14.8 Å². The molecule has 0 aromatic carbocycles. The Labute approximate surface area is 132 Å². The van der Waals surface area contributed by atoms with Crippen molar-refractivity contribution in [1.29, 1.82) is 0 Å². The van der Waals surface area contributed by atoms with Crippen LogP contribution in [0, 0.1) is 0 Å². The van der Waals surface area contributed by atoms with Crippen LogP contribution in [0.1, 0.15) is 12.1 Å². The molecule has 2 N–H and O–H groups in total. The number of sulfonamides is 1. The molecule has 22 heavy (non-hydrogen) atoms. The lowest BCUT2D eigenvalue weighted by Crippen LogP contribution is -2.29. The SMILES string of the molecule is CS(=O)(=O)NCCC(=O)NCc1csc(-c2cnccn2)n1. The number of hydrogen-bond acceptors (Lipinski definition) is 7. The number of carbonyl (C=O) groups excluding carboxylic acids is 1. The molecule has 2 aromatic heterocycles. The summed E-state index contributed by atoms with van der Waals surface area (Å²) in [7, 11) is -3.27. The number of nitrogens with one attached hydrogen (secondary N) is 2. The van der Waals surface area contributed by atoms with E-state index in [1.807, 2.05) is 5.38 Å². The van der Waals surface area contributed by atoms with Gasteiger partial charge in [0.15, 0.2) is 0 Å². The minimum Gasteiger partial charge on any atom is -0.350 e. The van der Waals surface area contributed by atoms with E-state index in [-0.39, 0.29) is 25.4 Å². The van der Waals surface area contributed by atoms with E-state index < -0.39 is 10.0 Å². The zero-order valence-corrected chi connectivity index (χ0v) is 13.4. The summed E-state index contributed by atoms with van der Waals surface area (Å²) >= 11 is 1.42. The molecule has 0 aliphatic carbocycles. The normalized spacial score (nSPS) is 11.3. The van der Waals surface area contributed by atoms with Crippen LogP contribution in [0.5, 0.6) is 0 Å². The first-order chi connectivity index (χ1) is 10.4. The smallest absolute Gasteiger partial charge is 0.221 e. The number of amides is 1. The number of aromatic nitrogens is 3. The van der Waals surface area contributed by atoms with Crippen LogP contribution in [0.4, 0.5) is 0 Å². The van der Waals surface area contributed by atoms with Crippen molar-refractivity contribution in [2.24, 2.45) is 0 Å². The van der Waals surface area contributed by atoms with Gasteiger partial charge in [-0.15, -0.1) is 11.3 Å². The van der Waals surface area contributed by atoms with Crippen LogP contribution in [0.3, 0.4) is 0 Å². The van der Waals surface area contributed by atoms with Crippen molar-refractivity contribution in [2.45, 2.75) is 13.0 Å². The van der Waals surface area contributed by atoms with E-state index in [2.05, 4.69) is 25.0 Å². The van der Waals surface area contributed by atoms with Gasteiger partial charge in [0.05, 0.1) is 24.7 Å². The highest BCUT2D eigenvalue weighted by atomic mass is 32.2. The summed E-state index contributed by atoms with van der Waals surface area (Å²) in [5.74, 6) is -0.245. The van der Waals surface area contributed by atoms with E-state index in [1.165, 1.54) is 11.3 Å². The Kier molecular flexibility index (Phi) is 5.52. The van der Waals surface area contributed by atoms with Crippen molar-refractivity contribution in [3.8, 4) is 10.7 Å². The van der Waals surface area contributed by atoms with Crippen LogP contribution >= 0.6 is 11.3 Å². The topological polar surface area (TPSA) is 114 Å². The average Bonchev–Trinajstić information content (AvgIpc) is 2.94. The standard InChI is InChI=1S/C12H15N5O3S2/c1-22(19,20)16-3-2-11(18)15-6-9-8-21-12(17-9)10-7-13-4-5-14-10/h4-5,7-8,16H,2-3,6H2,1H3,(H,15,18). The first-order valence-corrected chi connectivity index (χ1v) is 9.13. The molecule has 0 atom stereocenters. The van der Waals surface area contributed by atoms with E-state index in [0.29, 0.717) is 5.69 Å². The second-order valence-electron chi connectivity index (χ2n) is 4.43. The molecule has 0 aliphatic heterocycles. The fraction of sp³-hybridized carbons (Fsp3) is 0.333. The maximum absolute atomic E-state index is 11.6. The lowest BCUT2D eigenvalue weighted by atomic mass is 10.4. The Morgan fingerprint density at radius 1 is 1.36 bits per heavy atom. The van der Waals surface area contributed by atoms with Crippen molar-refractivity contribution in [3.63, 3.8) is 0 Å². The second-order valence-corrected chi connectivity index (χ2v) is 7.12. The Hall–Kier alpha value is -1.91. The predicted molar refractivity (Wildman–Crippen MR) is 82.5 cm³/mol. The molecule has 0 fully saturated rings. The minimum atomic E-state index is -3.27. The van der Waals surface area contributed by atoms with Gasteiger partial charge in [-0.2, -0.15) is 0 Å². The maximum atomic E-state index is 11.6. The first kappa shape index (κ1) is 16.5. The zero-order chi connectivity index (χ0) is 16.0. The first-order valence-electron chi connectivity index (χ1n) is 6.36. The largest absolute Gasteiger partial charge is 0.350 e. The lowest BCUT2D eigenvalue weighted by molar-refractivity contribution is -0.121. The summed E-state index contributed by atoms with van der Waals surface area (Å²) in [5, 5.41) is 5.25. The van der Waals surface area contributed by atoms with Gasteiger partial charge in [-0.25, -0.2) is 18.1 Å². The molecular formula is C12H15N5O3S2. The van der Waals surface area contributed by atoms with Gasteiger partial charge < -0.3 is 5.32 Å². The van der Waals surface area contributed by atoms with Crippen LogP contribution in [0.25, 0.3) is 10.7 Å². The molecule has 0 aliphatic rings. The van der Waals surface area contributed by atoms with Crippen molar-refractivity contribution >= 4 is 27.3 Å². The molecule has 0 saturated carbocycles. The summed E-state index contributed by atoms with van der Waals surface area (Å²) in [4.78, 5) is 24.1. The predicted octanol–water partition coefficient (Wildman–Crippen LogP) is 0.156. The molecular weight excluding hydrogens is 326 g/mol. The molecule has 2 rings (SSSR count). The van der Waals surface area contributed by atoms with Crippen molar-refractivity contribution < 1.29 is 13.2 Å². The highest BCUT2D eigenvalue weighted by Crippen LogP contribution is 2.20. The zero-order valence-electron chi connectivity index (χ0n) is 11.8. The van der Waals surface area contributed by atoms with Gasteiger partial charge in [-0.1, -0.05) is 0 Å². The molecule has 2 heterocycles. The van der Waals surface area contributed by atoms with Crippen LogP contribution in [0.2, 0.25) is 0 Å². The van der Waals surface area contributed by atoms with Gasteiger partial charge in [0.25, 0.3) is 0 Å². The van der Waals surface area contributed by atoms with Crippen LogP contribution in [-0.2, 0) is 21.4 Å². The quantitative estimate of drug-likeness (QED) is 0.741. The minimum absolute atomic E-state index is 0.0760. The van der Waals surface area contributed by atoms with Gasteiger partial charge in [0, 0.05) is 30.7 Å². The Bertz CT molecular complexity index is 730. The fourth-order valence-electron chi connectivity index (χ4n) is 1.54. The molecule has 0 spiro atoms. The van der Waals surface area contributed by atoms with E-state index in [0.717, 1.165) is 17.0 Å². The second kappa shape index (κ2) is 7.38. The molecule has 1 amide bonds. The molecule has 0 saturated heterocycles. The highest BCUT2D eigenvalue weighted by molar-refractivity contribution is 7.88. The maximum Gasteiger partial charge on any atom is 0.221 e. The van der Waals surface area contributed by atoms with E-state index in [1.54, 1.807) is 18.6 Å². The van der Waals surface area contributed by atoms with Crippen LogP contribution in [-0.4, -0.2) is 42.1 Å². The molecule has 2 aromatic rings. The molecule has 8 nitrogen and oxygen atoms in total. The Morgan fingerprint density at radius 2 is 2.18 bits per heavy atom. The third-order valence-electron chi connectivity index (χ3n) is 2.52. The number of carbonyl (C=O) groups is 1. The van der Waals surface area contributed by atoms with Gasteiger partial charge in [0.1, 0.15) is 10.7 Å². The van der Waals surface area contributed by atoms with Crippen LogP contribution < -0.4 is 10.0 Å². The van der Waals surface area contributed by atoms with Crippen LogP contribution in [0.15, 0.2) is 24.0 Å². The Morgan fingerprint density at radius 3 is 2.86 bits per heavy atom. The Balaban J connectivity index is 1.80. The van der Waals surface area contributed by atoms with Gasteiger partial charge in [-0.05, 0) is 0 Å². The summed E-state index contributed by atoms with van der Waals surface area (Å²) in [6.07, 6.45) is 5.93. The van der Waals surface area contributed by atoms with Gasteiger partial charge in [0.2, 0.25) is 15.9 Å². The fourth-order valence-corrected chi connectivity index (χ4v) is 2.80. The molecule has 0 unspecified atom stereocenters. The van der Waals surface area contributed by atoms with E-state index in [9.17, 15) is 13.2 Å². The molecule has 10 heteroatoms. The van der Waals surface area contributed by atoms with Crippen molar-refractivity contribution in [3.05, 3.63) is 29.7 Å². The van der Waals surface area contributed by atoms with Crippen molar-refractivity contribution in [2.75, 3.05) is 12.8 Å². The van der Waals surface area contributed by atoms with Gasteiger partial charge >= 0.3 is 0 Å². The lowest BCUT2D eigenvalue weighted by Gasteiger charge is -2.03. The van der Waals surface area contributed by atoms with E-state index >= 15 is 0 Å². The summed E-state index contributed by atoms with van der Waals surface area (Å²) in [6, 6.07) is 0. The van der Waals surface area contributed by atoms with Crippen molar-refractivity contribution in [1.82, 2.24) is 25.0 Å². The number of hydrogen-bond donors (Lipinski definition) is 2. The summed E-state index contributed by atoms with van der Waals surface area (Å²) < 4.78 is 24.0. The molecule has 0 radical (unpaired) electrons. The molecule has 118 valence electrons. The summed E-state index contributed by atoms with van der Waals surface area (Å²) in [5.41, 5.74) is 1.40. The highest BCUT2D eigenvalue weighted by Gasteiger charge is 2.08. The summed E-state index contributed by atoms with van der Waals surface area (Å²) in [6.45, 7) is 0.362. The third kappa shape index (κ3) is 5.47. The third-order valence-corrected chi connectivity index (χ3v) is 4.16. The van der Waals surface area contributed by atoms with E-state index in [4.69, 9.17) is 0 Å². The average molecular weight is 341 g/mol. The monoisotopic (exact) mass is 341 g/mol.